The van der Waals surface area contributed by atoms with Gasteiger partial charge in [0.2, 0.25) is 0 Å². The van der Waals surface area contributed by atoms with Crippen molar-refractivity contribution in [3.63, 3.8) is 0 Å². The molecule has 2 N–H and O–H groups in total. The molecule has 0 bridgehead atoms. The zero-order valence-electron chi connectivity index (χ0n) is 7.48. The van der Waals surface area contributed by atoms with Gasteiger partial charge in [0.15, 0.2) is 5.82 Å². The van der Waals surface area contributed by atoms with Crippen molar-refractivity contribution in [3.8, 4) is 10.7 Å². The van der Waals surface area contributed by atoms with Crippen molar-refractivity contribution in [2.45, 2.75) is 6.92 Å². The first kappa shape index (κ1) is 8.25. The van der Waals surface area contributed by atoms with E-state index in [9.17, 15) is 0 Å². The van der Waals surface area contributed by atoms with Crippen LogP contribution in [0.25, 0.3) is 10.7 Å². The van der Waals surface area contributed by atoms with E-state index in [1.807, 2.05) is 30.0 Å². The molecular formula is C8H10N4S. The summed E-state index contributed by atoms with van der Waals surface area (Å²) in [6.07, 6.45) is 0. The highest BCUT2D eigenvalue weighted by atomic mass is 32.1. The molecule has 68 valence electrons. The van der Waals surface area contributed by atoms with Crippen molar-refractivity contribution < 1.29 is 0 Å². The summed E-state index contributed by atoms with van der Waals surface area (Å²) in [5.74, 6) is 1.73. The maximum Gasteiger partial charge on any atom is 0.175 e. The molecule has 0 saturated carbocycles. The fourth-order valence-electron chi connectivity index (χ4n) is 1.11. The van der Waals surface area contributed by atoms with Gasteiger partial charge in [-0.3, -0.25) is 0 Å². The number of aryl methyl sites for hydroxylation is 1. The van der Waals surface area contributed by atoms with Gasteiger partial charge in [0.05, 0.1) is 10.6 Å². The van der Waals surface area contributed by atoms with E-state index >= 15 is 0 Å². The van der Waals surface area contributed by atoms with Gasteiger partial charge < -0.3 is 10.3 Å². The van der Waals surface area contributed by atoms with Crippen LogP contribution in [0.15, 0.2) is 11.4 Å². The van der Waals surface area contributed by atoms with E-state index in [2.05, 4.69) is 10.2 Å². The molecule has 5 heteroatoms. The second-order valence-electron chi connectivity index (χ2n) is 2.83. The number of nitrogens with zero attached hydrogens (tertiary/aromatic N) is 3. The maximum absolute atomic E-state index is 5.78. The molecule has 2 aromatic rings. The summed E-state index contributed by atoms with van der Waals surface area (Å²) in [5, 5.41) is 9.99. The Morgan fingerprint density at radius 2 is 2.23 bits per heavy atom. The lowest BCUT2D eigenvalue weighted by atomic mass is 10.4. The molecule has 4 nitrogen and oxygen atoms in total. The molecule has 13 heavy (non-hydrogen) atoms. The fraction of sp³-hybridized carbons (Fsp3) is 0.250. The molecule has 0 amide bonds. The first-order valence-electron chi connectivity index (χ1n) is 3.89. The van der Waals surface area contributed by atoms with Crippen LogP contribution < -0.4 is 5.73 Å². The number of aromatic nitrogens is 3. The summed E-state index contributed by atoms with van der Waals surface area (Å²) in [5.41, 5.74) is 6.54. The van der Waals surface area contributed by atoms with E-state index in [4.69, 9.17) is 5.73 Å². The molecule has 0 aliphatic rings. The average Bonchev–Trinajstić information content (AvgIpc) is 2.62. The standard InChI is InChI=1S/C8H10N4S/c1-5-10-11-8(12(5)2)7-6(9)3-4-13-7/h3-4H,9H2,1-2H3. The number of hydrogen-bond donors (Lipinski definition) is 1. The van der Waals surface area contributed by atoms with Gasteiger partial charge in [0.1, 0.15) is 5.82 Å². The number of nitrogens with two attached hydrogens (primary N) is 1. The Balaban J connectivity index is 2.59. The zero-order chi connectivity index (χ0) is 9.42. The minimum Gasteiger partial charge on any atom is -0.397 e. The third-order valence-corrected chi connectivity index (χ3v) is 2.92. The van der Waals surface area contributed by atoms with Crippen LogP contribution in [0.2, 0.25) is 0 Å². The van der Waals surface area contributed by atoms with Gasteiger partial charge in [0.25, 0.3) is 0 Å². The van der Waals surface area contributed by atoms with Crippen LogP contribution in [0.1, 0.15) is 5.82 Å². The molecule has 2 aromatic heterocycles. The number of hydrogen-bond acceptors (Lipinski definition) is 4. The average molecular weight is 194 g/mol. The first-order valence-corrected chi connectivity index (χ1v) is 4.77. The van der Waals surface area contributed by atoms with Crippen LogP contribution in [-0.4, -0.2) is 14.8 Å². The summed E-state index contributed by atoms with van der Waals surface area (Å²) in [4.78, 5) is 0.989. The second-order valence-corrected chi connectivity index (χ2v) is 3.75. The monoisotopic (exact) mass is 194 g/mol. The molecule has 2 heterocycles. The van der Waals surface area contributed by atoms with Gasteiger partial charge in [-0.15, -0.1) is 21.5 Å². The van der Waals surface area contributed by atoms with Crippen molar-refractivity contribution in [1.82, 2.24) is 14.8 Å². The highest BCUT2D eigenvalue weighted by molar-refractivity contribution is 7.14. The Bertz CT molecular complexity index is 429. The molecule has 0 saturated heterocycles. The number of anilines is 1. The van der Waals surface area contributed by atoms with E-state index in [-0.39, 0.29) is 0 Å². The van der Waals surface area contributed by atoms with Crippen LogP contribution in [0, 0.1) is 6.92 Å². The Morgan fingerprint density at radius 3 is 2.69 bits per heavy atom. The van der Waals surface area contributed by atoms with Crippen molar-refractivity contribution in [1.29, 1.82) is 0 Å². The van der Waals surface area contributed by atoms with Gasteiger partial charge in [0, 0.05) is 7.05 Å². The zero-order valence-corrected chi connectivity index (χ0v) is 8.30. The number of thiophene rings is 1. The van der Waals surface area contributed by atoms with Crippen LogP contribution >= 0.6 is 11.3 Å². The summed E-state index contributed by atoms with van der Waals surface area (Å²) < 4.78 is 1.93. The molecule has 0 spiro atoms. The van der Waals surface area contributed by atoms with Crippen molar-refractivity contribution in [2.24, 2.45) is 7.05 Å². The van der Waals surface area contributed by atoms with Crippen molar-refractivity contribution in [3.05, 3.63) is 17.3 Å². The predicted molar refractivity (Wildman–Crippen MR) is 53.5 cm³/mol. The van der Waals surface area contributed by atoms with Gasteiger partial charge in [-0.1, -0.05) is 0 Å². The molecule has 2 rings (SSSR count). The van der Waals surface area contributed by atoms with Gasteiger partial charge >= 0.3 is 0 Å². The Hall–Kier alpha value is -1.36. The van der Waals surface area contributed by atoms with E-state index < -0.39 is 0 Å². The minimum atomic E-state index is 0.764. The molecule has 0 radical (unpaired) electrons. The van der Waals surface area contributed by atoms with Gasteiger partial charge in [-0.2, -0.15) is 0 Å². The molecule has 0 atom stereocenters. The quantitative estimate of drug-likeness (QED) is 0.747. The van der Waals surface area contributed by atoms with Crippen molar-refractivity contribution in [2.75, 3.05) is 5.73 Å². The van der Waals surface area contributed by atoms with Crippen LogP contribution in [-0.2, 0) is 7.05 Å². The number of nitrogen functional groups attached to an aromatic ring is 1. The van der Waals surface area contributed by atoms with Gasteiger partial charge in [-0.25, -0.2) is 0 Å². The van der Waals surface area contributed by atoms with Gasteiger partial charge in [-0.05, 0) is 18.4 Å². The molecular weight excluding hydrogens is 184 g/mol. The summed E-state index contributed by atoms with van der Waals surface area (Å²) in [6, 6.07) is 1.88. The first-order chi connectivity index (χ1) is 6.20. The normalized spacial score (nSPS) is 10.6. The topological polar surface area (TPSA) is 56.7 Å². The fourth-order valence-corrected chi connectivity index (χ4v) is 1.94. The third-order valence-electron chi connectivity index (χ3n) is 1.99. The lowest BCUT2D eigenvalue weighted by Gasteiger charge is -1.99. The largest absolute Gasteiger partial charge is 0.397 e. The SMILES string of the molecule is Cc1nnc(-c2sccc2N)n1C. The van der Waals surface area contributed by atoms with E-state index in [0.29, 0.717) is 0 Å². The Kier molecular flexibility index (Phi) is 1.81. The highest BCUT2D eigenvalue weighted by Crippen LogP contribution is 2.29. The van der Waals surface area contributed by atoms with Crippen LogP contribution in [0.5, 0.6) is 0 Å². The maximum atomic E-state index is 5.78. The smallest absolute Gasteiger partial charge is 0.175 e. The summed E-state index contributed by atoms with van der Waals surface area (Å²) in [6.45, 7) is 1.92. The highest BCUT2D eigenvalue weighted by Gasteiger charge is 2.11. The molecule has 0 aliphatic carbocycles. The molecule has 0 unspecified atom stereocenters. The third kappa shape index (κ3) is 1.21. The van der Waals surface area contributed by atoms with E-state index in [0.717, 1.165) is 22.2 Å². The van der Waals surface area contributed by atoms with Crippen LogP contribution in [0.3, 0.4) is 0 Å². The van der Waals surface area contributed by atoms with Crippen LogP contribution in [0.4, 0.5) is 5.69 Å². The molecule has 0 fully saturated rings. The van der Waals surface area contributed by atoms with E-state index in [1.54, 1.807) is 11.3 Å². The molecule has 0 aromatic carbocycles. The lowest BCUT2D eigenvalue weighted by molar-refractivity contribution is 0.866. The number of rotatable bonds is 1. The Labute approximate surface area is 80.0 Å². The molecule has 0 aliphatic heterocycles. The Morgan fingerprint density at radius 1 is 1.46 bits per heavy atom. The minimum absolute atomic E-state index is 0.764. The van der Waals surface area contributed by atoms with Crippen molar-refractivity contribution >= 4 is 17.0 Å². The summed E-state index contributed by atoms with van der Waals surface area (Å²) in [7, 11) is 1.93. The predicted octanol–water partition coefficient (Wildman–Crippen LogP) is 1.43. The lowest BCUT2D eigenvalue weighted by Crippen LogP contribution is -1.95. The van der Waals surface area contributed by atoms with E-state index in [1.165, 1.54) is 0 Å². The second kappa shape index (κ2) is 2.85. The summed E-state index contributed by atoms with van der Waals surface area (Å²) >= 11 is 1.58.